The minimum atomic E-state index is 0. The van der Waals surface area contributed by atoms with Crippen molar-refractivity contribution in [2.75, 3.05) is 31.1 Å². The lowest BCUT2D eigenvalue weighted by atomic mass is 10.1. The van der Waals surface area contributed by atoms with Gasteiger partial charge >= 0.3 is 0 Å². The molecule has 4 nitrogen and oxygen atoms in total. The summed E-state index contributed by atoms with van der Waals surface area (Å²) in [4.78, 5) is 17.6. The van der Waals surface area contributed by atoms with Gasteiger partial charge in [-0.3, -0.25) is 0 Å². The average molecular weight is 341 g/mol. The zero-order valence-electron chi connectivity index (χ0n) is 11.4. The van der Waals surface area contributed by atoms with Crippen molar-refractivity contribution in [2.45, 2.75) is 19.8 Å². The highest BCUT2D eigenvalue weighted by Crippen LogP contribution is 2.24. The number of aromatic nitrogens is 1. The summed E-state index contributed by atoms with van der Waals surface area (Å²) in [5.74, 6) is 1.04. The fourth-order valence-corrected chi connectivity index (χ4v) is 2.35. The van der Waals surface area contributed by atoms with Crippen LogP contribution in [-0.4, -0.2) is 36.9 Å². The number of Topliss-reactive ketones (excluding diaryl/α,β-unsaturated/α-hetero) is 1. The molecule has 7 heteroatoms. The van der Waals surface area contributed by atoms with E-state index >= 15 is 0 Å². The van der Waals surface area contributed by atoms with Crippen LogP contribution in [0.25, 0.3) is 0 Å². The Bertz CT molecular complexity index is 437. The molecule has 2 heterocycles. The molecule has 0 unspecified atom stereocenters. The summed E-state index contributed by atoms with van der Waals surface area (Å²) in [7, 11) is 0. The van der Waals surface area contributed by atoms with E-state index in [-0.39, 0.29) is 30.6 Å². The fraction of sp³-hybridized carbons (Fsp3) is 0.538. The number of ketones is 1. The number of nitrogens with one attached hydrogen (secondary N) is 1. The Morgan fingerprint density at radius 2 is 2.05 bits per heavy atom. The minimum absolute atomic E-state index is 0. The molecule has 20 heavy (non-hydrogen) atoms. The van der Waals surface area contributed by atoms with Crippen LogP contribution in [0.1, 0.15) is 18.9 Å². The van der Waals surface area contributed by atoms with Gasteiger partial charge in [0.1, 0.15) is 11.6 Å². The van der Waals surface area contributed by atoms with Gasteiger partial charge in [-0.15, -0.1) is 24.8 Å². The molecule has 1 fully saturated rings. The minimum Gasteiger partial charge on any atom is -0.353 e. The Labute approximate surface area is 137 Å². The van der Waals surface area contributed by atoms with Crippen LogP contribution in [0.3, 0.4) is 0 Å². The summed E-state index contributed by atoms with van der Waals surface area (Å²) in [6.07, 6.45) is 3.08. The molecule has 114 valence electrons. The van der Waals surface area contributed by atoms with Gasteiger partial charge in [-0.05, 0) is 25.0 Å². The third kappa shape index (κ3) is 5.44. The van der Waals surface area contributed by atoms with Gasteiger partial charge in [-0.1, -0.05) is 11.6 Å². The highest BCUT2D eigenvalue weighted by Gasteiger charge is 2.15. The first kappa shape index (κ1) is 19.4. The van der Waals surface area contributed by atoms with Gasteiger partial charge in [-0.2, -0.15) is 0 Å². The highest BCUT2D eigenvalue weighted by atomic mass is 35.5. The Kier molecular flexibility index (Phi) is 9.14. The van der Waals surface area contributed by atoms with E-state index in [1.165, 1.54) is 0 Å². The van der Waals surface area contributed by atoms with Crippen molar-refractivity contribution in [2.24, 2.45) is 0 Å². The lowest BCUT2D eigenvalue weighted by Crippen LogP contribution is -2.44. The number of piperazine rings is 1. The molecule has 1 aromatic heterocycles. The first-order chi connectivity index (χ1) is 8.66. The van der Waals surface area contributed by atoms with Crippen molar-refractivity contribution in [3.05, 3.63) is 22.8 Å². The van der Waals surface area contributed by atoms with Crippen LogP contribution in [0.4, 0.5) is 5.82 Å². The monoisotopic (exact) mass is 339 g/mol. The second-order valence-corrected chi connectivity index (χ2v) is 5.00. The number of halogens is 3. The molecule has 1 saturated heterocycles. The summed E-state index contributed by atoms with van der Waals surface area (Å²) < 4.78 is 0. The zero-order valence-corrected chi connectivity index (χ0v) is 13.8. The van der Waals surface area contributed by atoms with Crippen LogP contribution in [0.5, 0.6) is 0 Å². The molecule has 1 aliphatic heterocycles. The molecular weight excluding hydrogens is 321 g/mol. The molecule has 0 radical (unpaired) electrons. The van der Waals surface area contributed by atoms with E-state index in [1.807, 2.05) is 12.3 Å². The van der Waals surface area contributed by atoms with Crippen molar-refractivity contribution in [1.82, 2.24) is 10.3 Å². The Balaban J connectivity index is 0.00000180. The highest BCUT2D eigenvalue weighted by molar-refractivity contribution is 6.33. The molecule has 0 aromatic carbocycles. The van der Waals surface area contributed by atoms with Crippen LogP contribution in [0, 0.1) is 0 Å². The van der Waals surface area contributed by atoms with E-state index in [1.54, 1.807) is 6.92 Å². The third-order valence-corrected chi connectivity index (χ3v) is 3.34. The first-order valence-corrected chi connectivity index (χ1v) is 6.64. The lowest BCUT2D eigenvalue weighted by Gasteiger charge is -2.29. The maximum Gasteiger partial charge on any atom is 0.147 e. The number of pyridine rings is 1. The van der Waals surface area contributed by atoms with Gasteiger partial charge in [0.2, 0.25) is 0 Å². The summed E-state index contributed by atoms with van der Waals surface area (Å²) in [5.41, 5.74) is 1.02. The molecular formula is C13H20Cl3N3O. The number of hydrogen-bond acceptors (Lipinski definition) is 4. The average Bonchev–Trinajstić information content (AvgIpc) is 2.37. The van der Waals surface area contributed by atoms with Crippen molar-refractivity contribution < 1.29 is 4.79 Å². The van der Waals surface area contributed by atoms with Gasteiger partial charge in [0, 0.05) is 38.8 Å². The van der Waals surface area contributed by atoms with E-state index in [2.05, 4.69) is 15.2 Å². The summed E-state index contributed by atoms with van der Waals surface area (Å²) in [6, 6.07) is 1.93. The van der Waals surface area contributed by atoms with Crippen LogP contribution < -0.4 is 10.2 Å². The third-order valence-electron chi connectivity index (χ3n) is 3.06. The zero-order chi connectivity index (χ0) is 13.0. The Morgan fingerprint density at radius 3 is 2.60 bits per heavy atom. The molecule has 1 N–H and O–H groups in total. The predicted octanol–water partition coefficient (Wildman–Crippen LogP) is 2.51. The van der Waals surface area contributed by atoms with Gasteiger partial charge in [-0.25, -0.2) is 4.98 Å². The predicted molar refractivity (Wildman–Crippen MR) is 87.8 cm³/mol. The number of nitrogens with zero attached hydrogens (tertiary/aromatic N) is 2. The molecule has 0 saturated carbocycles. The summed E-state index contributed by atoms with van der Waals surface area (Å²) >= 11 is 6.27. The second-order valence-electron chi connectivity index (χ2n) is 4.59. The SMILES string of the molecule is CC(=O)CCc1cnc(N2CCNCC2)c(Cl)c1.Cl.Cl. The number of hydrogen-bond donors (Lipinski definition) is 1. The Morgan fingerprint density at radius 1 is 1.40 bits per heavy atom. The van der Waals surface area contributed by atoms with Crippen molar-refractivity contribution in [3.8, 4) is 0 Å². The van der Waals surface area contributed by atoms with Gasteiger partial charge < -0.3 is 15.0 Å². The van der Waals surface area contributed by atoms with E-state index in [0.717, 1.165) is 37.6 Å². The van der Waals surface area contributed by atoms with Crippen LogP contribution in [0.2, 0.25) is 5.02 Å². The van der Waals surface area contributed by atoms with E-state index in [4.69, 9.17) is 11.6 Å². The molecule has 0 spiro atoms. The first-order valence-electron chi connectivity index (χ1n) is 6.26. The van der Waals surface area contributed by atoms with Gasteiger partial charge in [0.05, 0.1) is 5.02 Å². The Hall–Kier alpha value is -0.550. The number of carbonyl (C=O) groups excluding carboxylic acids is 1. The quantitative estimate of drug-likeness (QED) is 0.915. The van der Waals surface area contributed by atoms with Crippen LogP contribution in [0.15, 0.2) is 12.3 Å². The number of rotatable bonds is 4. The number of aryl methyl sites for hydroxylation is 1. The molecule has 0 bridgehead atoms. The smallest absolute Gasteiger partial charge is 0.147 e. The van der Waals surface area contributed by atoms with Gasteiger partial charge in [0.15, 0.2) is 0 Å². The fourth-order valence-electron chi connectivity index (χ4n) is 2.04. The summed E-state index contributed by atoms with van der Waals surface area (Å²) in [5, 5.41) is 3.98. The van der Waals surface area contributed by atoms with Crippen LogP contribution in [-0.2, 0) is 11.2 Å². The van der Waals surface area contributed by atoms with E-state index in [9.17, 15) is 4.79 Å². The molecule has 0 atom stereocenters. The molecule has 0 amide bonds. The van der Waals surface area contributed by atoms with E-state index < -0.39 is 0 Å². The molecule has 1 aromatic rings. The number of anilines is 1. The topological polar surface area (TPSA) is 45.2 Å². The second kappa shape index (κ2) is 9.40. The van der Waals surface area contributed by atoms with Crippen molar-refractivity contribution in [3.63, 3.8) is 0 Å². The normalized spacial score (nSPS) is 14.2. The van der Waals surface area contributed by atoms with Crippen molar-refractivity contribution >= 4 is 48.0 Å². The van der Waals surface area contributed by atoms with E-state index in [0.29, 0.717) is 17.9 Å². The van der Waals surface area contributed by atoms with Crippen LogP contribution >= 0.6 is 36.4 Å². The molecule has 1 aliphatic rings. The maximum atomic E-state index is 10.9. The largest absolute Gasteiger partial charge is 0.353 e. The lowest BCUT2D eigenvalue weighted by molar-refractivity contribution is -0.116. The molecule has 0 aliphatic carbocycles. The van der Waals surface area contributed by atoms with Crippen molar-refractivity contribution in [1.29, 1.82) is 0 Å². The standard InChI is InChI=1S/C13H18ClN3O.2ClH/c1-10(18)2-3-11-8-12(14)13(16-9-11)17-6-4-15-5-7-17;;/h8-9,15H,2-7H2,1H3;2*1H. The number of carbonyl (C=O) groups is 1. The maximum absolute atomic E-state index is 10.9. The summed E-state index contributed by atoms with van der Waals surface area (Å²) in [6.45, 7) is 5.39. The molecule has 2 rings (SSSR count). The van der Waals surface area contributed by atoms with Gasteiger partial charge in [0.25, 0.3) is 0 Å².